The Balaban J connectivity index is 2.06. The van der Waals surface area contributed by atoms with Crippen LogP contribution in [0, 0.1) is 0 Å². The lowest BCUT2D eigenvalue weighted by Crippen LogP contribution is -2.41. The first-order valence-electron chi connectivity index (χ1n) is 7.50. The Labute approximate surface area is 126 Å². The summed E-state index contributed by atoms with van der Waals surface area (Å²) in [5, 5.41) is 4.21. The second-order valence-corrected chi connectivity index (χ2v) is 6.51. The summed E-state index contributed by atoms with van der Waals surface area (Å²) in [6, 6.07) is 0. The van der Waals surface area contributed by atoms with Crippen molar-refractivity contribution >= 4 is 13.2 Å². The maximum absolute atomic E-state index is 14.3. The third-order valence-corrected chi connectivity index (χ3v) is 4.18. The molecule has 0 saturated carbocycles. The highest BCUT2D eigenvalue weighted by Crippen LogP contribution is 2.38. The molecule has 21 heavy (non-hydrogen) atoms. The van der Waals surface area contributed by atoms with Crippen LogP contribution in [0.4, 0.5) is 4.39 Å². The molecule has 1 aliphatic heterocycles. The maximum Gasteiger partial charge on any atom is 0.525 e. The second-order valence-electron chi connectivity index (χ2n) is 6.51. The van der Waals surface area contributed by atoms with Crippen molar-refractivity contribution < 1.29 is 13.7 Å². The van der Waals surface area contributed by atoms with E-state index in [1.165, 1.54) is 6.08 Å². The van der Waals surface area contributed by atoms with Gasteiger partial charge in [0.2, 0.25) is 0 Å². The lowest BCUT2D eigenvalue weighted by molar-refractivity contribution is 0.00578. The van der Waals surface area contributed by atoms with E-state index in [2.05, 4.69) is 12.0 Å². The first kappa shape index (κ1) is 16.2. The van der Waals surface area contributed by atoms with E-state index in [1.807, 2.05) is 38.6 Å². The molecule has 0 aliphatic carbocycles. The van der Waals surface area contributed by atoms with Gasteiger partial charge < -0.3 is 9.31 Å². The van der Waals surface area contributed by atoms with Crippen LogP contribution in [0.25, 0.3) is 6.08 Å². The molecular weight excluding hydrogens is 270 g/mol. The summed E-state index contributed by atoms with van der Waals surface area (Å²) in [4.78, 5) is 0. The van der Waals surface area contributed by atoms with Crippen molar-refractivity contribution in [3.63, 3.8) is 0 Å². The van der Waals surface area contributed by atoms with Crippen LogP contribution < -0.4 is 0 Å². The van der Waals surface area contributed by atoms with Gasteiger partial charge in [-0.15, -0.1) is 0 Å². The van der Waals surface area contributed by atoms with Crippen molar-refractivity contribution in [2.45, 2.75) is 65.2 Å². The van der Waals surface area contributed by atoms with Gasteiger partial charge in [0.25, 0.3) is 0 Å². The van der Waals surface area contributed by atoms with Crippen molar-refractivity contribution in [3.05, 3.63) is 23.7 Å². The molecule has 0 spiro atoms. The van der Waals surface area contributed by atoms with Crippen LogP contribution in [-0.2, 0) is 15.9 Å². The summed E-state index contributed by atoms with van der Waals surface area (Å²) in [5.74, 6) is 0. The standard InChI is InChI=1S/C15H24BFN2O2/c1-6-7-8-19-11-12(10-18-19)9-13(17)16-20-14(2,3)15(4,5)21-16/h9-11H,6-8H2,1-5H3. The molecule has 0 N–H and O–H groups in total. The summed E-state index contributed by atoms with van der Waals surface area (Å²) >= 11 is 0. The fourth-order valence-corrected chi connectivity index (χ4v) is 2.08. The minimum Gasteiger partial charge on any atom is -0.398 e. The highest BCUT2D eigenvalue weighted by molar-refractivity contribution is 6.54. The minimum absolute atomic E-state index is 0.427. The van der Waals surface area contributed by atoms with Gasteiger partial charge in [-0.25, -0.2) is 4.39 Å². The van der Waals surface area contributed by atoms with Crippen LogP contribution in [0.5, 0.6) is 0 Å². The van der Waals surface area contributed by atoms with Crippen LogP contribution in [0.2, 0.25) is 0 Å². The van der Waals surface area contributed by atoms with Crippen molar-refractivity contribution in [2.24, 2.45) is 0 Å². The van der Waals surface area contributed by atoms with E-state index in [0.717, 1.165) is 24.9 Å². The SMILES string of the molecule is CCCCn1cc(C=C(F)B2OC(C)(C)C(C)(C)O2)cn1. The fraction of sp³-hybridized carbons (Fsp3) is 0.667. The van der Waals surface area contributed by atoms with Crippen molar-refractivity contribution in [1.82, 2.24) is 9.78 Å². The predicted molar refractivity (Wildman–Crippen MR) is 82.3 cm³/mol. The number of unbranched alkanes of at least 4 members (excludes halogenated alkanes) is 1. The first-order valence-corrected chi connectivity index (χ1v) is 7.50. The Morgan fingerprint density at radius 3 is 2.52 bits per heavy atom. The van der Waals surface area contributed by atoms with Gasteiger partial charge >= 0.3 is 7.12 Å². The van der Waals surface area contributed by atoms with Gasteiger partial charge in [-0.05, 0) is 40.2 Å². The van der Waals surface area contributed by atoms with Gasteiger partial charge in [0.05, 0.1) is 17.4 Å². The van der Waals surface area contributed by atoms with Crippen LogP contribution in [0.3, 0.4) is 0 Å². The Morgan fingerprint density at radius 2 is 1.95 bits per heavy atom. The third kappa shape index (κ3) is 3.55. The minimum atomic E-state index is -0.950. The van der Waals surface area contributed by atoms with E-state index in [0.29, 0.717) is 0 Å². The summed E-state index contributed by atoms with van der Waals surface area (Å²) in [6.07, 6.45) is 7.08. The van der Waals surface area contributed by atoms with Gasteiger partial charge in [0.15, 0.2) is 0 Å². The summed E-state index contributed by atoms with van der Waals surface area (Å²) in [6.45, 7) is 10.6. The molecule has 0 aromatic carbocycles. The normalized spacial score (nSPS) is 21.0. The van der Waals surface area contributed by atoms with Crippen LogP contribution in [-0.4, -0.2) is 28.1 Å². The molecule has 1 aromatic rings. The van der Waals surface area contributed by atoms with E-state index >= 15 is 0 Å². The van der Waals surface area contributed by atoms with Crippen molar-refractivity contribution in [2.75, 3.05) is 0 Å². The molecule has 2 rings (SSSR count). The van der Waals surface area contributed by atoms with Gasteiger partial charge in [-0.2, -0.15) is 5.10 Å². The van der Waals surface area contributed by atoms with Crippen LogP contribution in [0.1, 0.15) is 53.0 Å². The summed E-state index contributed by atoms with van der Waals surface area (Å²) in [7, 11) is -0.950. The molecule has 6 heteroatoms. The zero-order chi connectivity index (χ0) is 15.7. The molecule has 0 radical (unpaired) electrons. The van der Waals surface area contributed by atoms with E-state index in [4.69, 9.17) is 9.31 Å². The molecule has 0 bridgehead atoms. The molecule has 1 fully saturated rings. The topological polar surface area (TPSA) is 36.3 Å². The van der Waals surface area contributed by atoms with E-state index in [9.17, 15) is 4.39 Å². The number of rotatable bonds is 5. The highest BCUT2D eigenvalue weighted by atomic mass is 19.1. The van der Waals surface area contributed by atoms with Crippen molar-refractivity contribution in [3.8, 4) is 0 Å². The number of aromatic nitrogens is 2. The molecule has 116 valence electrons. The summed E-state index contributed by atoms with van der Waals surface area (Å²) in [5.41, 5.74) is -0.774. The molecule has 0 atom stereocenters. The molecule has 1 aromatic heterocycles. The van der Waals surface area contributed by atoms with Gasteiger partial charge in [0, 0.05) is 18.3 Å². The monoisotopic (exact) mass is 294 g/mol. The summed E-state index contributed by atoms with van der Waals surface area (Å²) < 4.78 is 27.5. The van der Waals surface area contributed by atoms with Gasteiger partial charge in [-0.3, -0.25) is 4.68 Å². The number of hydrogen-bond acceptors (Lipinski definition) is 3. The molecule has 0 amide bonds. The van der Waals surface area contributed by atoms with Gasteiger partial charge in [0.1, 0.15) is 5.73 Å². The second kappa shape index (κ2) is 5.93. The zero-order valence-electron chi connectivity index (χ0n) is 13.5. The maximum atomic E-state index is 14.3. The Kier molecular flexibility index (Phi) is 4.59. The molecule has 0 unspecified atom stereocenters. The fourth-order valence-electron chi connectivity index (χ4n) is 2.08. The Hall–Kier alpha value is -1.14. The predicted octanol–water partition coefficient (Wildman–Crippen LogP) is 3.63. The molecular formula is C15H24BFN2O2. The lowest BCUT2D eigenvalue weighted by Gasteiger charge is -2.32. The van der Waals surface area contributed by atoms with Crippen molar-refractivity contribution in [1.29, 1.82) is 0 Å². The number of nitrogens with zero attached hydrogens (tertiary/aromatic N) is 2. The highest BCUT2D eigenvalue weighted by Gasteiger charge is 2.53. The Morgan fingerprint density at radius 1 is 1.33 bits per heavy atom. The number of hydrogen-bond donors (Lipinski definition) is 0. The van der Waals surface area contributed by atoms with E-state index in [-0.39, 0.29) is 0 Å². The molecule has 4 nitrogen and oxygen atoms in total. The molecule has 1 saturated heterocycles. The third-order valence-electron chi connectivity index (χ3n) is 4.18. The molecule has 2 heterocycles. The molecule has 1 aliphatic rings. The lowest BCUT2D eigenvalue weighted by atomic mass is 9.87. The largest absolute Gasteiger partial charge is 0.525 e. The first-order chi connectivity index (χ1) is 9.75. The van der Waals surface area contributed by atoms with Crippen LogP contribution >= 0.6 is 0 Å². The van der Waals surface area contributed by atoms with Gasteiger partial charge in [-0.1, -0.05) is 13.3 Å². The number of aryl methyl sites for hydroxylation is 1. The van der Waals surface area contributed by atoms with E-state index < -0.39 is 24.0 Å². The van der Waals surface area contributed by atoms with Crippen LogP contribution in [0.15, 0.2) is 18.1 Å². The smallest absolute Gasteiger partial charge is 0.398 e. The quantitative estimate of drug-likeness (QED) is 0.778. The average Bonchev–Trinajstić information content (AvgIpc) is 2.90. The van der Waals surface area contributed by atoms with E-state index in [1.54, 1.807) is 6.20 Å². The zero-order valence-corrected chi connectivity index (χ0v) is 13.5. The number of halogens is 1. The average molecular weight is 294 g/mol. The Bertz CT molecular complexity index is 509.